The van der Waals surface area contributed by atoms with Gasteiger partial charge in [0.2, 0.25) is 5.91 Å². The zero-order valence-corrected chi connectivity index (χ0v) is 10.2. The molecule has 0 spiro atoms. The lowest BCUT2D eigenvalue weighted by Gasteiger charge is -2.25. The quantitative estimate of drug-likeness (QED) is 0.702. The molecule has 84 valence electrons. The fourth-order valence-corrected chi connectivity index (χ4v) is 1.95. The Kier molecular flexibility index (Phi) is 5.82. The van der Waals surface area contributed by atoms with Gasteiger partial charge in [-0.2, -0.15) is 0 Å². The monoisotopic (exact) mass is 199 g/mol. The molecule has 0 aromatic rings. The van der Waals surface area contributed by atoms with Gasteiger partial charge in [-0.05, 0) is 30.6 Å². The van der Waals surface area contributed by atoms with Crippen LogP contribution in [0.2, 0.25) is 0 Å². The summed E-state index contributed by atoms with van der Waals surface area (Å²) in [5, 5.41) is 0. The predicted molar refractivity (Wildman–Crippen MR) is 60.8 cm³/mol. The van der Waals surface area contributed by atoms with Gasteiger partial charge in [0.1, 0.15) is 0 Å². The Balaban J connectivity index is 4.30. The zero-order valence-electron chi connectivity index (χ0n) is 10.2. The van der Waals surface area contributed by atoms with Crippen molar-refractivity contribution in [3.63, 3.8) is 0 Å². The first-order chi connectivity index (χ1) is 6.34. The van der Waals surface area contributed by atoms with E-state index in [1.165, 1.54) is 0 Å². The maximum atomic E-state index is 11.1. The van der Waals surface area contributed by atoms with Crippen molar-refractivity contribution >= 4 is 5.91 Å². The SMILES string of the molecule is CC(C)CC(CC(C)C)C(C)C(N)=O. The van der Waals surface area contributed by atoms with Gasteiger partial charge in [-0.15, -0.1) is 0 Å². The number of primary amides is 1. The van der Waals surface area contributed by atoms with Crippen molar-refractivity contribution in [3.8, 4) is 0 Å². The third-order valence-electron chi connectivity index (χ3n) is 2.70. The number of carbonyl (C=O) groups excluding carboxylic acids is 1. The van der Waals surface area contributed by atoms with E-state index >= 15 is 0 Å². The average molecular weight is 199 g/mol. The van der Waals surface area contributed by atoms with Gasteiger partial charge in [0, 0.05) is 5.92 Å². The van der Waals surface area contributed by atoms with E-state index in [0.717, 1.165) is 12.8 Å². The molecule has 0 fully saturated rings. The van der Waals surface area contributed by atoms with Crippen molar-refractivity contribution in [1.29, 1.82) is 0 Å². The van der Waals surface area contributed by atoms with E-state index in [2.05, 4.69) is 27.7 Å². The lowest BCUT2D eigenvalue weighted by atomic mass is 9.81. The van der Waals surface area contributed by atoms with Crippen molar-refractivity contribution in [2.45, 2.75) is 47.5 Å². The minimum absolute atomic E-state index is 0.0137. The van der Waals surface area contributed by atoms with E-state index < -0.39 is 0 Å². The van der Waals surface area contributed by atoms with Crippen LogP contribution in [0, 0.1) is 23.7 Å². The molecule has 2 heteroatoms. The average Bonchev–Trinajstić information content (AvgIpc) is 1.99. The molecular weight excluding hydrogens is 174 g/mol. The molecule has 1 atom stereocenters. The second kappa shape index (κ2) is 6.05. The lowest BCUT2D eigenvalue weighted by molar-refractivity contribution is -0.123. The van der Waals surface area contributed by atoms with Crippen molar-refractivity contribution in [3.05, 3.63) is 0 Å². The van der Waals surface area contributed by atoms with Crippen LogP contribution in [0.5, 0.6) is 0 Å². The molecule has 0 heterocycles. The molecule has 0 rings (SSSR count). The summed E-state index contributed by atoms with van der Waals surface area (Å²) in [7, 11) is 0. The van der Waals surface area contributed by atoms with E-state index in [4.69, 9.17) is 5.73 Å². The summed E-state index contributed by atoms with van der Waals surface area (Å²) in [4.78, 5) is 11.1. The summed E-state index contributed by atoms with van der Waals surface area (Å²) in [5.41, 5.74) is 5.35. The first-order valence-electron chi connectivity index (χ1n) is 5.63. The topological polar surface area (TPSA) is 43.1 Å². The number of hydrogen-bond donors (Lipinski definition) is 1. The van der Waals surface area contributed by atoms with E-state index in [0.29, 0.717) is 17.8 Å². The normalized spacial score (nSPS) is 14.0. The number of amides is 1. The van der Waals surface area contributed by atoms with Crippen LogP contribution >= 0.6 is 0 Å². The van der Waals surface area contributed by atoms with Gasteiger partial charge in [-0.25, -0.2) is 0 Å². The van der Waals surface area contributed by atoms with Crippen LogP contribution < -0.4 is 5.73 Å². The molecule has 0 bridgehead atoms. The van der Waals surface area contributed by atoms with Gasteiger partial charge in [0.15, 0.2) is 0 Å². The highest BCUT2D eigenvalue weighted by Gasteiger charge is 2.23. The molecule has 1 amide bonds. The van der Waals surface area contributed by atoms with E-state index in [1.54, 1.807) is 0 Å². The molecule has 1 unspecified atom stereocenters. The Morgan fingerprint density at radius 3 is 1.57 bits per heavy atom. The van der Waals surface area contributed by atoms with Crippen LogP contribution in [0.25, 0.3) is 0 Å². The molecule has 0 aromatic carbocycles. The van der Waals surface area contributed by atoms with Crippen molar-refractivity contribution < 1.29 is 4.79 Å². The molecule has 2 N–H and O–H groups in total. The minimum Gasteiger partial charge on any atom is -0.369 e. The summed E-state index contributed by atoms with van der Waals surface area (Å²) < 4.78 is 0. The number of rotatable bonds is 6. The van der Waals surface area contributed by atoms with Crippen LogP contribution in [-0.4, -0.2) is 5.91 Å². The minimum atomic E-state index is -0.156. The Labute approximate surface area is 88.3 Å². The van der Waals surface area contributed by atoms with Gasteiger partial charge < -0.3 is 5.73 Å². The second-order valence-electron chi connectivity index (χ2n) is 5.21. The first kappa shape index (κ1) is 13.5. The van der Waals surface area contributed by atoms with Crippen LogP contribution in [0.4, 0.5) is 0 Å². The van der Waals surface area contributed by atoms with Crippen LogP contribution in [-0.2, 0) is 4.79 Å². The Morgan fingerprint density at radius 2 is 1.36 bits per heavy atom. The first-order valence-corrected chi connectivity index (χ1v) is 5.63. The van der Waals surface area contributed by atoms with Gasteiger partial charge >= 0.3 is 0 Å². The Hall–Kier alpha value is -0.530. The van der Waals surface area contributed by atoms with Gasteiger partial charge in [0.05, 0.1) is 0 Å². The lowest BCUT2D eigenvalue weighted by Crippen LogP contribution is -2.29. The fraction of sp³-hybridized carbons (Fsp3) is 0.917. The molecule has 0 saturated heterocycles. The highest BCUT2D eigenvalue weighted by molar-refractivity contribution is 5.76. The standard InChI is InChI=1S/C12H25NO/c1-8(2)6-11(7-9(3)4)10(5)12(13)14/h8-11H,6-7H2,1-5H3,(H2,13,14). The number of carbonyl (C=O) groups is 1. The fourth-order valence-electron chi connectivity index (χ4n) is 1.95. The second-order valence-corrected chi connectivity index (χ2v) is 5.21. The molecule has 0 aromatic heterocycles. The maximum Gasteiger partial charge on any atom is 0.220 e. The van der Waals surface area contributed by atoms with Crippen LogP contribution in [0.15, 0.2) is 0 Å². The van der Waals surface area contributed by atoms with Gasteiger partial charge in [0.25, 0.3) is 0 Å². The largest absolute Gasteiger partial charge is 0.369 e. The summed E-state index contributed by atoms with van der Waals surface area (Å²) in [6, 6.07) is 0. The molecule has 0 aliphatic rings. The Morgan fingerprint density at radius 1 is 1.00 bits per heavy atom. The molecule has 2 nitrogen and oxygen atoms in total. The van der Waals surface area contributed by atoms with Crippen LogP contribution in [0.3, 0.4) is 0 Å². The highest BCUT2D eigenvalue weighted by atomic mass is 16.1. The number of nitrogens with two attached hydrogens (primary N) is 1. The number of hydrogen-bond acceptors (Lipinski definition) is 1. The maximum absolute atomic E-state index is 11.1. The summed E-state index contributed by atoms with van der Waals surface area (Å²) in [6.45, 7) is 10.7. The zero-order chi connectivity index (χ0) is 11.3. The smallest absolute Gasteiger partial charge is 0.220 e. The molecule has 0 radical (unpaired) electrons. The predicted octanol–water partition coefficient (Wildman–Crippen LogP) is 2.82. The molecule has 0 aliphatic carbocycles. The highest BCUT2D eigenvalue weighted by Crippen LogP contribution is 2.26. The third kappa shape index (κ3) is 5.25. The third-order valence-corrected chi connectivity index (χ3v) is 2.70. The van der Waals surface area contributed by atoms with E-state index in [-0.39, 0.29) is 11.8 Å². The van der Waals surface area contributed by atoms with E-state index in [9.17, 15) is 4.79 Å². The summed E-state index contributed by atoms with van der Waals surface area (Å²) >= 11 is 0. The molecule has 14 heavy (non-hydrogen) atoms. The summed E-state index contributed by atoms with van der Waals surface area (Å²) in [6.07, 6.45) is 2.20. The van der Waals surface area contributed by atoms with Crippen LogP contribution in [0.1, 0.15) is 47.5 Å². The Bertz CT molecular complexity index is 165. The van der Waals surface area contributed by atoms with Gasteiger partial charge in [-0.3, -0.25) is 4.79 Å². The van der Waals surface area contributed by atoms with E-state index in [1.807, 2.05) is 6.92 Å². The molecule has 0 saturated carbocycles. The van der Waals surface area contributed by atoms with Crippen molar-refractivity contribution in [1.82, 2.24) is 0 Å². The van der Waals surface area contributed by atoms with Crippen molar-refractivity contribution in [2.75, 3.05) is 0 Å². The van der Waals surface area contributed by atoms with Crippen molar-refractivity contribution in [2.24, 2.45) is 29.4 Å². The van der Waals surface area contributed by atoms with Gasteiger partial charge in [-0.1, -0.05) is 34.6 Å². The molecular formula is C12H25NO. The molecule has 0 aliphatic heterocycles. The summed E-state index contributed by atoms with van der Waals surface area (Å²) in [5.74, 6) is 1.59.